The number of carbonyl (C=O) groups is 1. The van der Waals surface area contributed by atoms with Crippen molar-refractivity contribution in [2.24, 2.45) is 5.92 Å². The summed E-state index contributed by atoms with van der Waals surface area (Å²) in [5.74, 6) is 0.476. The van der Waals surface area contributed by atoms with E-state index in [1.807, 2.05) is 30.3 Å². The van der Waals surface area contributed by atoms with Crippen LogP contribution in [0.5, 0.6) is 0 Å². The summed E-state index contributed by atoms with van der Waals surface area (Å²) in [7, 11) is 0. The zero-order chi connectivity index (χ0) is 17.9. The van der Waals surface area contributed by atoms with E-state index in [4.69, 9.17) is 0 Å². The lowest BCUT2D eigenvalue weighted by molar-refractivity contribution is -0.137. The van der Waals surface area contributed by atoms with Crippen LogP contribution in [0.25, 0.3) is 0 Å². The van der Waals surface area contributed by atoms with Crippen molar-refractivity contribution in [3.8, 4) is 0 Å². The topological polar surface area (TPSA) is 20.3 Å². The summed E-state index contributed by atoms with van der Waals surface area (Å²) >= 11 is 0. The number of alkyl halides is 3. The van der Waals surface area contributed by atoms with Gasteiger partial charge < -0.3 is 4.90 Å². The SMILES string of the molecule is O=C(Cc1ccccc1)C[C@H]1CCN(c2ccc(C(F)(F)F)cc2)C1. The molecule has 0 spiro atoms. The van der Waals surface area contributed by atoms with Crippen molar-refractivity contribution in [2.75, 3.05) is 18.0 Å². The molecule has 5 heteroatoms. The molecule has 1 atom stereocenters. The molecule has 2 nitrogen and oxygen atoms in total. The number of rotatable bonds is 5. The first-order chi connectivity index (χ1) is 11.9. The third-order valence-electron chi connectivity index (χ3n) is 4.61. The summed E-state index contributed by atoms with van der Waals surface area (Å²) in [5.41, 5.74) is 1.17. The molecule has 0 saturated carbocycles. The average molecular weight is 347 g/mol. The lowest BCUT2D eigenvalue weighted by atomic mass is 9.98. The van der Waals surface area contributed by atoms with Crippen molar-refractivity contribution in [2.45, 2.75) is 25.4 Å². The molecule has 2 aromatic rings. The van der Waals surface area contributed by atoms with E-state index >= 15 is 0 Å². The number of hydrogen-bond acceptors (Lipinski definition) is 2. The maximum Gasteiger partial charge on any atom is 0.416 e. The average Bonchev–Trinajstić information content (AvgIpc) is 3.03. The monoisotopic (exact) mass is 347 g/mol. The Hall–Kier alpha value is -2.30. The van der Waals surface area contributed by atoms with Crippen LogP contribution in [0.1, 0.15) is 24.0 Å². The van der Waals surface area contributed by atoms with Crippen molar-refractivity contribution in [3.05, 3.63) is 65.7 Å². The summed E-state index contributed by atoms with van der Waals surface area (Å²) < 4.78 is 37.9. The highest BCUT2D eigenvalue weighted by Gasteiger charge is 2.31. The Labute approximate surface area is 145 Å². The molecule has 1 saturated heterocycles. The lowest BCUT2D eigenvalue weighted by Gasteiger charge is -2.19. The lowest BCUT2D eigenvalue weighted by Crippen LogP contribution is -2.21. The summed E-state index contributed by atoms with van der Waals surface area (Å²) in [6.07, 6.45) is -2.46. The molecule has 0 bridgehead atoms. The van der Waals surface area contributed by atoms with E-state index in [9.17, 15) is 18.0 Å². The highest BCUT2D eigenvalue weighted by molar-refractivity contribution is 5.81. The minimum atomic E-state index is -4.31. The zero-order valence-electron chi connectivity index (χ0n) is 13.8. The molecule has 0 unspecified atom stereocenters. The van der Waals surface area contributed by atoms with Crippen molar-refractivity contribution in [1.29, 1.82) is 0 Å². The Bertz CT molecular complexity index is 710. The Balaban J connectivity index is 1.54. The number of hydrogen-bond donors (Lipinski definition) is 0. The van der Waals surface area contributed by atoms with Gasteiger partial charge >= 0.3 is 6.18 Å². The highest BCUT2D eigenvalue weighted by atomic mass is 19.4. The van der Waals surface area contributed by atoms with Crippen LogP contribution in [0.15, 0.2) is 54.6 Å². The van der Waals surface area contributed by atoms with Gasteiger partial charge in [-0.25, -0.2) is 0 Å². The largest absolute Gasteiger partial charge is 0.416 e. The van der Waals surface area contributed by atoms with E-state index in [2.05, 4.69) is 4.90 Å². The smallest absolute Gasteiger partial charge is 0.371 e. The fraction of sp³-hybridized carbons (Fsp3) is 0.350. The Morgan fingerprint density at radius 1 is 1.04 bits per heavy atom. The normalized spacial score (nSPS) is 17.7. The Morgan fingerprint density at radius 2 is 1.72 bits per heavy atom. The van der Waals surface area contributed by atoms with Crippen LogP contribution in [0.2, 0.25) is 0 Å². The van der Waals surface area contributed by atoms with Gasteiger partial charge in [-0.1, -0.05) is 30.3 Å². The molecule has 0 aliphatic carbocycles. The van der Waals surface area contributed by atoms with Gasteiger partial charge in [0.1, 0.15) is 5.78 Å². The molecule has 25 heavy (non-hydrogen) atoms. The molecule has 3 rings (SSSR count). The van der Waals surface area contributed by atoms with Gasteiger partial charge in [-0.2, -0.15) is 13.2 Å². The molecule has 0 radical (unpaired) electrons. The number of benzene rings is 2. The minimum Gasteiger partial charge on any atom is -0.371 e. The zero-order valence-corrected chi connectivity index (χ0v) is 13.8. The van der Waals surface area contributed by atoms with E-state index in [-0.39, 0.29) is 11.7 Å². The van der Waals surface area contributed by atoms with Gasteiger partial charge in [-0.15, -0.1) is 0 Å². The number of ketones is 1. The van der Waals surface area contributed by atoms with E-state index < -0.39 is 11.7 Å². The van der Waals surface area contributed by atoms with Gasteiger partial charge in [0, 0.05) is 31.6 Å². The van der Waals surface area contributed by atoms with Gasteiger partial charge in [0.15, 0.2) is 0 Å². The van der Waals surface area contributed by atoms with Crippen LogP contribution >= 0.6 is 0 Å². The molecular weight excluding hydrogens is 327 g/mol. The Morgan fingerprint density at radius 3 is 2.36 bits per heavy atom. The van der Waals surface area contributed by atoms with E-state index in [1.54, 1.807) is 0 Å². The van der Waals surface area contributed by atoms with E-state index in [1.165, 1.54) is 12.1 Å². The first-order valence-corrected chi connectivity index (χ1v) is 8.39. The fourth-order valence-electron chi connectivity index (χ4n) is 3.31. The Kier molecular flexibility index (Phi) is 5.11. The van der Waals surface area contributed by atoms with E-state index in [0.29, 0.717) is 19.4 Å². The van der Waals surface area contributed by atoms with Crippen molar-refractivity contribution >= 4 is 11.5 Å². The second-order valence-corrected chi connectivity index (χ2v) is 6.55. The van der Waals surface area contributed by atoms with Gasteiger partial charge in [-0.3, -0.25) is 4.79 Å². The fourth-order valence-corrected chi connectivity index (χ4v) is 3.31. The van der Waals surface area contributed by atoms with Gasteiger partial charge in [0.25, 0.3) is 0 Å². The number of anilines is 1. The molecule has 1 fully saturated rings. The van der Waals surface area contributed by atoms with Crippen LogP contribution in [-0.4, -0.2) is 18.9 Å². The molecule has 1 aliphatic rings. The predicted octanol–water partition coefficient (Wildman–Crippen LogP) is 4.73. The van der Waals surface area contributed by atoms with Crippen molar-refractivity contribution in [1.82, 2.24) is 0 Å². The quantitative estimate of drug-likeness (QED) is 0.779. The predicted molar refractivity (Wildman–Crippen MR) is 91.5 cm³/mol. The first kappa shape index (κ1) is 17.5. The third kappa shape index (κ3) is 4.62. The van der Waals surface area contributed by atoms with Gasteiger partial charge in [-0.05, 0) is 42.2 Å². The number of Topliss-reactive ketones (excluding diaryl/α,β-unsaturated/α-hetero) is 1. The maximum atomic E-state index is 12.6. The molecule has 0 N–H and O–H groups in total. The van der Waals surface area contributed by atoms with Gasteiger partial charge in [0.2, 0.25) is 0 Å². The summed E-state index contributed by atoms with van der Waals surface area (Å²) in [5, 5.41) is 0. The highest BCUT2D eigenvalue weighted by Crippen LogP contribution is 2.32. The van der Waals surface area contributed by atoms with Crippen molar-refractivity contribution in [3.63, 3.8) is 0 Å². The van der Waals surface area contributed by atoms with Crippen LogP contribution < -0.4 is 4.90 Å². The van der Waals surface area contributed by atoms with Crippen molar-refractivity contribution < 1.29 is 18.0 Å². The number of nitrogens with zero attached hydrogens (tertiary/aromatic N) is 1. The number of halogens is 3. The summed E-state index contributed by atoms with van der Waals surface area (Å²) in [4.78, 5) is 14.3. The van der Waals surface area contributed by atoms with Gasteiger partial charge in [0.05, 0.1) is 5.56 Å². The van der Waals surface area contributed by atoms with Crippen LogP contribution in [0.4, 0.5) is 18.9 Å². The maximum absolute atomic E-state index is 12.6. The van der Waals surface area contributed by atoms with Crippen LogP contribution in [0.3, 0.4) is 0 Å². The second kappa shape index (κ2) is 7.30. The molecule has 132 valence electrons. The van der Waals surface area contributed by atoms with Crippen LogP contribution in [0, 0.1) is 5.92 Å². The third-order valence-corrected chi connectivity index (χ3v) is 4.61. The molecule has 2 aromatic carbocycles. The minimum absolute atomic E-state index is 0.213. The van der Waals surface area contributed by atoms with E-state index in [0.717, 1.165) is 36.3 Å². The summed E-state index contributed by atoms with van der Waals surface area (Å²) in [6, 6.07) is 14.9. The van der Waals surface area contributed by atoms with Crippen LogP contribution in [-0.2, 0) is 17.4 Å². The molecular formula is C20H20F3NO. The standard InChI is InChI=1S/C20H20F3NO/c21-20(22,23)17-6-8-18(9-7-17)24-11-10-16(14-24)13-19(25)12-15-4-2-1-3-5-15/h1-9,16H,10-14H2/t16-/m1/s1. The summed E-state index contributed by atoms with van der Waals surface area (Å²) in [6.45, 7) is 1.49. The first-order valence-electron chi connectivity index (χ1n) is 8.39. The number of carbonyl (C=O) groups excluding carboxylic acids is 1. The molecule has 1 aliphatic heterocycles. The second-order valence-electron chi connectivity index (χ2n) is 6.55. The molecule has 0 aromatic heterocycles. The molecule has 1 heterocycles. The molecule has 0 amide bonds.